The quantitative estimate of drug-likeness (QED) is 0.801. The zero-order chi connectivity index (χ0) is 9.47. The minimum absolute atomic E-state index is 0.247. The van der Waals surface area contributed by atoms with Gasteiger partial charge < -0.3 is 10.3 Å². The minimum Gasteiger partial charge on any atom is -0.336 e. The summed E-state index contributed by atoms with van der Waals surface area (Å²) in [6.07, 6.45) is 5.19. The molecular weight excluding hydrogens is 186 g/mol. The molecule has 0 atom stereocenters. The lowest BCUT2D eigenvalue weighted by atomic mass is 9.99. The van der Waals surface area contributed by atoms with E-state index in [1.54, 1.807) is 6.33 Å². The van der Waals surface area contributed by atoms with Gasteiger partial charge in [0.05, 0.1) is 12.0 Å². The average Bonchev–Trinajstić information content (AvgIpc) is 2.76. The fourth-order valence-electron chi connectivity index (χ4n) is 2.03. The topological polar surface area (TPSA) is 43.8 Å². The van der Waals surface area contributed by atoms with Gasteiger partial charge in [-0.25, -0.2) is 4.98 Å². The summed E-state index contributed by atoms with van der Waals surface area (Å²) in [6.45, 7) is 0.724. The largest absolute Gasteiger partial charge is 0.336 e. The van der Waals surface area contributed by atoms with Gasteiger partial charge in [-0.1, -0.05) is 11.6 Å². The monoisotopic (exact) mass is 199 g/mol. The molecular formula is C9H14ClN3. The SMILES string of the molecule is Cn1cnc(Cl)c1C1(CCN)CC1. The molecule has 2 rings (SSSR count). The van der Waals surface area contributed by atoms with E-state index in [4.69, 9.17) is 17.3 Å². The molecule has 0 bridgehead atoms. The van der Waals surface area contributed by atoms with Crippen molar-refractivity contribution >= 4 is 11.6 Å². The van der Waals surface area contributed by atoms with E-state index in [9.17, 15) is 0 Å². The standard InChI is InChI=1S/C9H14ClN3/c1-13-6-12-8(10)7(13)9(2-3-9)4-5-11/h6H,2-5,11H2,1H3. The molecule has 0 saturated heterocycles. The van der Waals surface area contributed by atoms with E-state index in [-0.39, 0.29) is 5.41 Å². The van der Waals surface area contributed by atoms with E-state index >= 15 is 0 Å². The van der Waals surface area contributed by atoms with Crippen molar-refractivity contribution in [3.05, 3.63) is 17.2 Å². The zero-order valence-electron chi connectivity index (χ0n) is 7.76. The maximum atomic E-state index is 6.03. The molecule has 1 fully saturated rings. The van der Waals surface area contributed by atoms with E-state index in [1.807, 2.05) is 11.6 Å². The molecule has 4 heteroatoms. The number of halogens is 1. The third-order valence-corrected chi connectivity index (χ3v) is 3.15. The first-order valence-corrected chi connectivity index (χ1v) is 4.95. The van der Waals surface area contributed by atoms with Crippen molar-refractivity contribution in [1.82, 2.24) is 9.55 Å². The number of hydrogen-bond donors (Lipinski definition) is 1. The highest BCUT2D eigenvalue weighted by Gasteiger charge is 2.46. The van der Waals surface area contributed by atoms with Crippen molar-refractivity contribution < 1.29 is 0 Å². The molecule has 13 heavy (non-hydrogen) atoms. The number of imidazole rings is 1. The van der Waals surface area contributed by atoms with Crippen LogP contribution in [0.25, 0.3) is 0 Å². The van der Waals surface area contributed by atoms with Crippen LogP contribution in [0.5, 0.6) is 0 Å². The Kier molecular flexibility index (Phi) is 2.08. The van der Waals surface area contributed by atoms with E-state index < -0.39 is 0 Å². The Bertz CT molecular complexity index is 295. The summed E-state index contributed by atoms with van der Waals surface area (Å²) >= 11 is 6.03. The van der Waals surface area contributed by atoms with E-state index in [1.165, 1.54) is 18.5 Å². The van der Waals surface area contributed by atoms with E-state index in [0.717, 1.165) is 13.0 Å². The van der Waals surface area contributed by atoms with Crippen LogP contribution in [0.2, 0.25) is 5.15 Å². The molecule has 1 saturated carbocycles. The number of aromatic nitrogens is 2. The van der Waals surface area contributed by atoms with Crippen LogP contribution in [-0.2, 0) is 12.5 Å². The number of aryl methyl sites for hydroxylation is 1. The Morgan fingerprint density at radius 2 is 2.38 bits per heavy atom. The molecule has 0 radical (unpaired) electrons. The molecule has 72 valence electrons. The van der Waals surface area contributed by atoms with Gasteiger partial charge in [0, 0.05) is 12.5 Å². The Labute approximate surface area is 82.9 Å². The van der Waals surface area contributed by atoms with Crippen molar-refractivity contribution in [1.29, 1.82) is 0 Å². The van der Waals surface area contributed by atoms with Crippen LogP contribution >= 0.6 is 11.6 Å². The molecule has 0 aromatic carbocycles. The second kappa shape index (κ2) is 3.00. The lowest BCUT2D eigenvalue weighted by molar-refractivity contribution is 0.584. The average molecular weight is 200 g/mol. The van der Waals surface area contributed by atoms with Crippen molar-refractivity contribution in [2.75, 3.05) is 6.54 Å². The first-order valence-electron chi connectivity index (χ1n) is 4.57. The highest BCUT2D eigenvalue weighted by molar-refractivity contribution is 6.30. The third-order valence-electron chi connectivity index (χ3n) is 2.87. The molecule has 1 aliphatic carbocycles. The summed E-state index contributed by atoms with van der Waals surface area (Å²) in [5, 5.41) is 0.647. The number of rotatable bonds is 3. The van der Waals surface area contributed by atoms with Crippen LogP contribution in [0.1, 0.15) is 25.0 Å². The van der Waals surface area contributed by atoms with Crippen LogP contribution in [0.4, 0.5) is 0 Å². The predicted octanol–water partition coefficient (Wildman–Crippen LogP) is 1.45. The van der Waals surface area contributed by atoms with Crippen molar-refractivity contribution in [3.63, 3.8) is 0 Å². The van der Waals surface area contributed by atoms with Crippen molar-refractivity contribution in [2.24, 2.45) is 12.8 Å². The van der Waals surface area contributed by atoms with Gasteiger partial charge in [0.15, 0.2) is 5.15 Å². The molecule has 1 aromatic heterocycles. The van der Waals surface area contributed by atoms with Gasteiger partial charge in [-0.3, -0.25) is 0 Å². The molecule has 2 N–H and O–H groups in total. The first kappa shape index (κ1) is 9.03. The van der Waals surface area contributed by atoms with Gasteiger partial charge in [-0.15, -0.1) is 0 Å². The van der Waals surface area contributed by atoms with Gasteiger partial charge >= 0.3 is 0 Å². The zero-order valence-corrected chi connectivity index (χ0v) is 8.51. The van der Waals surface area contributed by atoms with Crippen molar-refractivity contribution in [2.45, 2.75) is 24.7 Å². The fraction of sp³-hybridized carbons (Fsp3) is 0.667. The molecule has 1 aliphatic rings. The maximum Gasteiger partial charge on any atom is 0.150 e. The Hall–Kier alpha value is -0.540. The van der Waals surface area contributed by atoms with Crippen LogP contribution in [0.15, 0.2) is 6.33 Å². The normalized spacial score (nSPS) is 19.0. The van der Waals surface area contributed by atoms with Crippen LogP contribution in [0, 0.1) is 0 Å². The van der Waals surface area contributed by atoms with Crippen molar-refractivity contribution in [3.8, 4) is 0 Å². The van der Waals surface area contributed by atoms with E-state index in [0.29, 0.717) is 5.15 Å². The van der Waals surface area contributed by atoms with E-state index in [2.05, 4.69) is 4.98 Å². The molecule has 1 heterocycles. The Morgan fingerprint density at radius 1 is 1.69 bits per heavy atom. The second-order valence-electron chi connectivity index (χ2n) is 3.81. The highest BCUT2D eigenvalue weighted by atomic mass is 35.5. The summed E-state index contributed by atoms with van der Waals surface area (Å²) in [4.78, 5) is 4.09. The molecule has 0 unspecified atom stereocenters. The third kappa shape index (κ3) is 1.36. The molecule has 0 amide bonds. The Morgan fingerprint density at radius 3 is 2.77 bits per heavy atom. The molecule has 3 nitrogen and oxygen atoms in total. The Balaban J connectivity index is 2.34. The minimum atomic E-state index is 0.247. The highest BCUT2D eigenvalue weighted by Crippen LogP contribution is 2.52. The summed E-state index contributed by atoms with van der Waals surface area (Å²) in [5.74, 6) is 0. The van der Waals surface area contributed by atoms with Gasteiger partial charge in [0.2, 0.25) is 0 Å². The molecule has 0 aliphatic heterocycles. The summed E-state index contributed by atoms with van der Waals surface area (Å²) in [6, 6.07) is 0. The summed E-state index contributed by atoms with van der Waals surface area (Å²) in [7, 11) is 1.99. The first-order chi connectivity index (χ1) is 6.19. The van der Waals surface area contributed by atoms with Gasteiger partial charge in [-0.2, -0.15) is 0 Å². The summed E-state index contributed by atoms with van der Waals surface area (Å²) in [5.41, 5.74) is 7.00. The maximum absolute atomic E-state index is 6.03. The van der Waals surface area contributed by atoms with Crippen LogP contribution < -0.4 is 5.73 Å². The number of nitrogens with two attached hydrogens (primary N) is 1. The molecule has 1 aromatic rings. The van der Waals surface area contributed by atoms with Crippen LogP contribution in [0.3, 0.4) is 0 Å². The fourth-order valence-corrected chi connectivity index (χ4v) is 2.40. The predicted molar refractivity (Wildman–Crippen MR) is 52.8 cm³/mol. The second-order valence-corrected chi connectivity index (χ2v) is 4.17. The smallest absolute Gasteiger partial charge is 0.150 e. The van der Waals surface area contributed by atoms with Gasteiger partial charge in [0.25, 0.3) is 0 Å². The van der Waals surface area contributed by atoms with Crippen LogP contribution in [-0.4, -0.2) is 16.1 Å². The van der Waals surface area contributed by atoms with Gasteiger partial charge in [0.1, 0.15) is 0 Å². The van der Waals surface area contributed by atoms with Gasteiger partial charge in [-0.05, 0) is 25.8 Å². The summed E-state index contributed by atoms with van der Waals surface area (Å²) < 4.78 is 2.02. The lowest BCUT2D eigenvalue weighted by Gasteiger charge is -2.14. The molecule has 0 spiro atoms. The number of hydrogen-bond acceptors (Lipinski definition) is 2. The number of nitrogens with zero attached hydrogens (tertiary/aromatic N) is 2. The lowest BCUT2D eigenvalue weighted by Crippen LogP contribution is -2.16.